The maximum Gasteiger partial charge on any atom is 0.313 e. The molecule has 0 bridgehead atoms. The lowest BCUT2D eigenvalue weighted by atomic mass is 10.2. The molecule has 0 radical (unpaired) electrons. The molecule has 22 heavy (non-hydrogen) atoms. The first-order valence-corrected chi connectivity index (χ1v) is 7.68. The molecule has 1 heterocycles. The van der Waals surface area contributed by atoms with Gasteiger partial charge < -0.3 is 15.4 Å². The minimum absolute atomic E-state index is 0.0532. The van der Waals surface area contributed by atoms with E-state index in [4.69, 9.17) is 4.74 Å². The average Bonchev–Trinajstić information content (AvgIpc) is 2.97. The second-order valence-electron chi connectivity index (χ2n) is 4.71. The number of carbonyl (C=O) groups excluding carboxylic acids is 2. The number of alkyl halides is 2. The Labute approximate surface area is 130 Å². The van der Waals surface area contributed by atoms with E-state index in [1.165, 1.54) is 24.3 Å². The van der Waals surface area contributed by atoms with Crippen LogP contribution in [0.3, 0.4) is 0 Å². The van der Waals surface area contributed by atoms with E-state index in [0.29, 0.717) is 29.0 Å². The monoisotopic (exact) mass is 330 g/mol. The number of benzene rings is 1. The van der Waals surface area contributed by atoms with E-state index in [9.17, 15) is 18.4 Å². The summed E-state index contributed by atoms with van der Waals surface area (Å²) in [6.45, 7) is 0.953. The Balaban J connectivity index is 1.83. The molecule has 0 aliphatic carbocycles. The van der Waals surface area contributed by atoms with Gasteiger partial charge in [-0.15, -0.1) is 0 Å². The van der Waals surface area contributed by atoms with Crippen molar-refractivity contribution in [3.63, 3.8) is 0 Å². The van der Waals surface area contributed by atoms with Crippen LogP contribution in [0.15, 0.2) is 29.2 Å². The lowest BCUT2D eigenvalue weighted by molar-refractivity contribution is -0.136. The third-order valence-corrected chi connectivity index (χ3v) is 3.74. The number of hydrogen-bond acceptors (Lipinski definition) is 4. The summed E-state index contributed by atoms with van der Waals surface area (Å²) >= 11 is 0.373. The fraction of sp³-hybridized carbons (Fsp3) is 0.429. The molecular weight excluding hydrogens is 314 g/mol. The summed E-state index contributed by atoms with van der Waals surface area (Å²) in [5.74, 6) is -4.15. The minimum Gasteiger partial charge on any atom is -0.376 e. The van der Waals surface area contributed by atoms with Crippen molar-refractivity contribution >= 4 is 29.3 Å². The lowest BCUT2D eigenvalue weighted by Crippen LogP contribution is -2.39. The van der Waals surface area contributed by atoms with E-state index in [0.717, 1.165) is 12.8 Å². The zero-order chi connectivity index (χ0) is 15.9. The van der Waals surface area contributed by atoms with Gasteiger partial charge in [0.15, 0.2) is 0 Å². The summed E-state index contributed by atoms with van der Waals surface area (Å²) in [6.07, 6.45) is 1.75. The van der Waals surface area contributed by atoms with Crippen molar-refractivity contribution in [1.29, 1.82) is 0 Å². The van der Waals surface area contributed by atoms with Gasteiger partial charge in [-0.3, -0.25) is 9.59 Å². The third kappa shape index (κ3) is 5.27. The smallest absolute Gasteiger partial charge is 0.313 e. The van der Waals surface area contributed by atoms with Crippen LogP contribution in [0.1, 0.15) is 12.8 Å². The van der Waals surface area contributed by atoms with Gasteiger partial charge in [0.25, 0.3) is 5.76 Å². The van der Waals surface area contributed by atoms with Crippen LogP contribution in [-0.2, 0) is 14.3 Å². The molecule has 120 valence electrons. The number of ether oxygens (including phenoxy) is 1. The molecule has 8 heteroatoms. The van der Waals surface area contributed by atoms with Gasteiger partial charge in [-0.1, -0.05) is 17.8 Å². The van der Waals surface area contributed by atoms with Gasteiger partial charge in [-0.05, 0) is 31.0 Å². The molecule has 0 aromatic heterocycles. The standard InChI is InChI=1S/C14H16F2N2O3S/c15-14(16)22-11-5-1-3-9(7-11)18-13(20)12(19)17-8-10-4-2-6-21-10/h1,3,5,7,10,14H,2,4,6,8H2,(H,17,19)(H,18,20)/t10-/m1/s1. The van der Waals surface area contributed by atoms with Crippen LogP contribution < -0.4 is 10.6 Å². The van der Waals surface area contributed by atoms with Gasteiger partial charge in [0.2, 0.25) is 0 Å². The van der Waals surface area contributed by atoms with Crippen molar-refractivity contribution in [2.75, 3.05) is 18.5 Å². The van der Waals surface area contributed by atoms with Crippen LogP contribution in [0, 0.1) is 0 Å². The van der Waals surface area contributed by atoms with E-state index in [2.05, 4.69) is 10.6 Å². The van der Waals surface area contributed by atoms with Crippen molar-refractivity contribution in [2.24, 2.45) is 0 Å². The molecule has 1 aliphatic heterocycles. The van der Waals surface area contributed by atoms with Gasteiger partial charge >= 0.3 is 11.8 Å². The topological polar surface area (TPSA) is 67.4 Å². The van der Waals surface area contributed by atoms with Gasteiger partial charge in [-0.2, -0.15) is 8.78 Å². The highest BCUT2D eigenvalue weighted by molar-refractivity contribution is 7.99. The molecule has 1 aliphatic rings. The molecular formula is C14H16F2N2O3S. The SMILES string of the molecule is O=C(NC[C@H]1CCCO1)C(=O)Nc1cccc(SC(F)F)c1. The predicted octanol–water partition coefficient (Wildman–Crippen LogP) is 2.23. The molecule has 1 aromatic carbocycles. The van der Waals surface area contributed by atoms with E-state index in [1.807, 2.05) is 0 Å². The number of carbonyl (C=O) groups is 2. The van der Waals surface area contributed by atoms with Crippen molar-refractivity contribution in [2.45, 2.75) is 29.6 Å². The Kier molecular flexibility index (Phi) is 6.14. The molecule has 0 unspecified atom stereocenters. The zero-order valence-corrected chi connectivity index (χ0v) is 12.5. The summed E-state index contributed by atoms with van der Waals surface area (Å²) in [5, 5.41) is 4.87. The van der Waals surface area contributed by atoms with Crippen LogP contribution in [0.2, 0.25) is 0 Å². The normalized spacial score (nSPS) is 17.5. The first-order chi connectivity index (χ1) is 10.5. The fourth-order valence-corrected chi connectivity index (χ4v) is 2.59. The molecule has 2 N–H and O–H groups in total. The number of nitrogens with one attached hydrogen (secondary N) is 2. The van der Waals surface area contributed by atoms with Crippen LogP contribution in [-0.4, -0.2) is 36.8 Å². The molecule has 5 nitrogen and oxygen atoms in total. The van der Waals surface area contributed by atoms with Gasteiger partial charge in [-0.25, -0.2) is 0 Å². The highest BCUT2D eigenvalue weighted by atomic mass is 32.2. The second-order valence-corrected chi connectivity index (χ2v) is 5.77. The molecule has 2 rings (SSSR count). The Morgan fingerprint density at radius 3 is 2.86 bits per heavy atom. The van der Waals surface area contributed by atoms with Gasteiger partial charge in [0.1, 0.15) is 0 Å². The highest BCUT2D eigenvalue weighted by Gasteiger charge is 2.19. The first kappa shape index (κ1) is 16.7. The van der Waals surface area contributed by atoms with Gasteiger partial charge in [0.05, 0.1) is 6.10 Å². The maximum atomic E-state index is 12.3. The maximum absolute atomic E-state index is 12.3. The number of thioether (sulfide) groups is 1. The Bertz CT molecular complexity index is 537. The molecule has 0 saturated carbocycles. The van der Waals surface area contributed by atoms with E-state index >= 15 is 0 Å². The summed E-state index contributed by atoms with van der Waals surface area (Å²) < 4.78 is 29.9. The molecule has 1 aromatic rings. The summed E-state index contributed by atoms with van der Waals surface area (Å²) in [7, 11) is 0. The molecule has 2 amide bonds. The quantitative estimate of drug-likeness (QED) is 0.642. The second kappa shape index (κ2) is 8.09. The fourth-order valence-electron chi connectivity index (χ4n) is 2.03. The van der Waals surface area contributed by atoms with Crippen LogP contribution in [0.25, 0.3) is 0 Å². The number of amides is 2. The van der Waals surface area contributed by atoms with E-state index in [-0.39, 0.29) is 12.6 Å². The zero-order valence-electron chi connectivity index (χ0n) is 11.7. The van der Waals surface area contributed by atoms with E-state index in [1.54, 1.807) is 0 Å². The number of rotatable bonds is 5. The Morgan fingerprint density at radius 1 is 1.36 bits per heavy atom. The molecule has 0 spiro atoms. The van der Waals surface area contributed by atoms with Crippen molar-refractivity contribution in [1.82, 2.24) is 5.32 Å². The Hall–Kier alpha value is -1.67. The summed E-state index contributed by atoms with van der Waals surface area (Å²) in [4.78, 5) is 23.7. The van der Waals surface area contributed by atoms with Gasteiger partial charge in [0, 0.05) is 23.7 Å². The van der Waals surface area contributed by atoms with Crippen molar-refractivity contribution < 1.29 is 23.1 Å². The summed E-state index contributed by atoms with van der Waals surface area (Å²) in [5.41, 5.74) is 0.294. The van der Waals surface area contributed by atoms with Crippen LogP contribution in [0.4, 0.5) is 14.5 Å². The molecule has 1 atom stereocenters. The Morgan fingerprint density at radius 2 is 2.18 bits per heavy atom. The molecule has 1 saturated heterocycles. The first-order valence-electron chi connectivity index (χ1n) is 6.80. The predicted molar refractivity (Wildman–Crippen MR) is 78.9 cm³/mol. The van der Waals surface area contributed by atoms with E-state index < -0.39 is 17.6 Å². The largest absolute Gasteiger partial charge is 0.376 e. The lowest BCUT2D eigenvalue weighted by Gasteiger charge is -2.11. The van der Waals surface area contributed by atoms with Crippen molar-refractivity contribution in [3.05, 3.63) is 24.3 Å². The van der Waals surface area contributed by atoms with Crippen molar-refractivity contribution in [3.8, 4) is 0 Å². The average molecular weight is 330 g/mol. The summed E-state index contributed by atoms with van der Waals surface area (Å²) in [6, 6.07) is 5.96. The van der Waals surface area contributed by atoms with Crippen LogP contribution >= 0.6 is 11.8 Å². The highest BCUT2D eigenvalue weighted by Crippen LogP contribution is 2.27. The van der Waals surface area contributed by atoms with Crippen LogP contribution in [0.5, 0.6) is 0 Å². The number of halogens is 2. The minimum atomic E-state index is -2.54. The number of anilines is 1. The molecule has 1 fully saturated rings. The third-order valence-electron chi connectivity index (χ3n) is 3.04. The number of hydrogen-bond donors (Lipinski definition) is 2.